The molecule has 28 heavy (non-hydrogen) atoms. The largest absolute Gasteiger partial charge is 0.406 e. The van der Waals surface area contributed by atoms with Crippen LogP contribution in [0.15, 0.2) is 41.8 Å². The average Bonchev–Trinajstić information content (AvgIpc) is 3.14. The zero-order valence-electron chi connectivity index (χ0n) is 15.6. The molecule has 0 spiro atoms. The average molecular weight is 410 g/mol. The predicted molar refractivity (Wildman–Crippen MR) is 102 cm³/mol. The fourth-order valence-corrected chi connectivity index (χ4v) is 4.46. The van der Waals surface area contributed by atoms with Gasteiger partial charge in [0.2, 0.25) is 11.8 Å². The summed E-state index contributed by atoms with van der Waals surface area (Å²) >= 11 is 1.39. The van der Waals surface area contributed by atoms with Crippen molar-refractivity contribution in [3.05, 3.63) is 52.2 Å². The van der Waals surface area contributed by atoms with E-state index in [1.807, 2.05) is 36.6 Å². The van der Waals surface area contributed by atoms with Crippen LogP contribution in [0.1, 0.15) is 29.3 Å². The van der Waals surface area contributed by atoms with Crippen molar-refractivity contribution in [3.63, 3.8) is 0 Å². The Morgan fingerprint density at radius 2 is 1.93 bits per heavy atom. The maximum absolute atomic E-state index is 12.9. The molecule has 1 aliphatic rings. The molecule has 4 nitrogen and oxygen atoms in total. The molecule has 0 radical (unpaired) electrons. The number of piperidine rings is 1. The van der Waals surface area contributed by atoms with Gasteiger partial charge in [0.25, 0.3) is 0 Å². The summed E-state index contributed by atoms with van der Waals surface area (Å²) in [7, 11) is 1.16. The van der Waals surface area contributed by atoms with Crippen molar-refractivity contribution in [1.29, 1.82) is 0 Å². The number of nitrogens with zero attached hydrogens (tertiary/aromatic N) is 2. The smallest absolute Gasteiger partial charge is 0.336 e. The highest BCUT2D eigenvalue weighted by Crippen LogP contribution is 2.42. The van der Waals surface area contributed by atoms with Gasteiger partial charge in [0, 0.05) is 24.0 Å². The number of alkyl halides is 3. The summed E-state index contributed by atoms with van der Waals surface area (Å²) < 4.78 is 38.4. The van der Waals surface area contributed by atoms with Crippen LogP contribution in [-0.2, 0) is 9.59 Å². The first kappa shape index (κ1) is 20.4. The van der Waals surface area contributed by atoms with Gasteiger partial charge in [-0.15, -0.1) is 11.3 Å². The van der Waals surface area contributed by atoms with Crippen LogP contribution in [0.5, 0.6) is 0 Å². The molecule has 1 aromatic heterocycles. The highest BCUT2D eigenvalue weighted by atomic mass is 32.1. The highest BCUT2D eigenvalue weighted by Gasteiger charge is 2.44. The van der Waals surface area contributed by atoms with Crippen molar-refractivity contribution in [2.24, 2.45) is 5.92 Å². The molecule has 2 aromatic rings. The number of amides is 2. The molecule has 1 aromatic carbocycles. The minimum absolute atomic E-state index is 0.117. The molecule has 0 N–H and O–H groups in total. The van der Waals surface area contributed by atoms with Crippen LogP contribution >= 0.6 is 11.3 Å². The maximum atomic E-state index is 12.9. The van der Waals surface area contributed by atoms with Crippen molar-refractivity contribution < 1.29 is 22.8 Å². The van der Waals surface area contributed by atoms with E-state index in [2.05, 4.69) is 0 Å². The van der Waals surface area contributed by atoms with Gasteiger partial charge in [0.15, 0.2) is 0 Å². The van der Waals surface area contributed by atoms with E-state index in [-0.39, 0.29) is 18.7 Å². The first-order valence-corrected chi connectivity index (χ1v) is 9.79. The van der Waals surface area contributed by atoms with Gasteiger partial charge in [-0.3, -0.25) is 9.59 Å². The first-order valence-electron chi connectivity index (χ1n) is 8.91. The second kappa shape index (κ2) is 7.95. The summed E-state index contributed by atoms with van der Waals surface area (Å²) in [6.07, 6.45) is -4.12. The van der Waals surface area contributed by atoms with Gasteiger partial charge >= 0.3 is 6.18 Å². The van der Waals surface area contributed by atoms with Crippen molar-refractivity contribution in [2.75, 3.05) is 18.5 Å². The van der Waals surface area contributed by atoms with Crippen molar-refractivity contribution in [1.82, 2.24) is 4.90 Å². The van der Waals surface area contributed by atoms with E-state index in [4.69, 9.17) is 0 Å². The van der Waals surface area contributed by atoms with Gasteiger partial charge in [-0.2, -0.15) is 13.2 Å². The van der Waals surface area contributed by atoms with E-state index in [0.717, 1.165) is 17.5 Å². The molecule has 1 saturated heterocycles. The van der Waals surface area contributed by atoms with E-state index in [9.17, 15) is 22.8 Å². The zero-order valence-corrected chi connectivity index (χ0v) is 16.4. The van der Waals surface area contributed by atoms with E-state index in [1.54, 1.807) is 17.0 Å². The van der Waals surface area contributed by atoms with Gasteiger partial charge in [0.1, 0.15) is 6.54 Å². The highest BCUT2D eigenvalue weighted by molar-refractivity contribution is 7.10. The number of thiophene rings is 1. The first-order chi connectivity index (χ1) is 13.2. The molecule has 2 amide bonds. The molecule has 8 heteroatoms. The van der Waals surface area contributed by atoms with Crippen LogP contribution in [0.2, 0.25) is 0 Å². The summed E-state index contributed by atoms with van der Waals surface area (Å²) in [5.41, 5.74) is 1.67. The normalized spacial score (nSPS) is 20.3. The Balaban J connectivity index is 1.99. The minimum atomic E-state index is -4.47. The topological polar surface area (TPSA) is 40.6 Å². The van der Waals surface area contributed by atoms with Crippen LogP contribution in [0.4, 0.5) is 18.9 Å². The number of carbonyl (C=O) groups excluding carboxylic acids is 2. The lowest BCUT2D eigenvalue weighted by molar-refractivity contribution is -0.162. The third-order valence-electron chi connectivity index (χ3n) is 4.85. The molecule has 0 aliphatic carbocycles. The van der Waals surface area contributed by atoms with E-state index >= 15 is 0 Å². The standard InChI is InChI=1S/C20H21F3N2O2S/c1-13-5-7-14(8-6-13)25-17(26)10-9-15(18(25)16-4-3-11-28-16)19(27)24(2)12-20(21,22)23/h3-8,11,15,18H,9-10,12H2,1-2H3. The Morgan fingerprint density at radius 1 is 1.25 bits per heavy atom. The second-order valence-corrected chi connectivity index (χ2v) is 7.99. The van der Waals surface area contributed by atoms with Crippen LogP contribution in [0.25, 0.3) is 0 Å². The summed E-state index contributed by atoms with van der Waals surface area (Å²) in [6.45, 7) is 0.620. The van der Waals surface area contributed by atoms with Crippen molar-refractivity contribution in [2.45, 2.75) is 32.0 Å². The van der Waals surface area contributed by atoms with E-state index in [0.29, 0.717) is 10.6 Å². The summed E-state index contributed by atoms with van der Waals surface area (Å²) in [5.74, 6) is -1.46. The summed E-state index contributed by atoms with van der Waals surface area (Å²) in [5, 5.41) is 1.84. The molecule has 2 atom stereocenters. The molecule has 3 rings (SSSR count). The lowest BCUT2D eigenvalue weighted by Crippen LogP contribution is -2.49. The molecule has 2 unspecified atom stereocenters. The Kier molecular flexibility index (Phi) is 5.79. The number of anilines is 1. The number of aryl methyl sites for hydroxylation is 1. The van der Waals surface area contributed by atoms with Gasteiger partial charge < -0.3 is 9.80 Å². The third-order valence-corrected chi connectivity index (χ3v) is 5.80. The van der Waals surface area contributed by atoms with E-state index in [1.165, 1.54) is 11.3 Å². The molecular formula is C20H21F3N2O2S. The van der Waals surface area contributed by atoms with Gasteiger partial charge in [-0.1, -0.05) is 23.8 Å². The Labute approximate surface area is 165 Å². The molecule has 0 saturated carbocycles. The van der Waals surface area contributed by atoms with Crippen molar-refractivity contribution >= 4 is 28.8 Å². The molecule has 1 aliphatic heterocycles. The number of carbonyl (C=O) groups is 2. The monoisotopic (exact) mass is 410 g/mol. The van der Waals surface area contributed by atoms with E-state index < -0.39 is 30.6 Å². The SMILES string of the molecule is Cc1ccc(N2C(=O)CCC(C(=O)N(C)CC(F)(F)F)C2c2cccs2)cc1. The Hall–Kier alpha value is -2.35. The number of rotatable bonds is 4. The number of hydrogen-bond donors (Lipinski definition) is 0. The van der Waals surface area contributed by atoms with Crippen molar-refractivity contribution in [3.8, 4) is 0 Å². The zero-order chi connectivity index (χ0) is 20.5. The minimum Gasteiger partial charge on any atom is -0.336 e. The van der Waals surface area contributed by atoms with Crippen LogP contribution in [0, 0.1) is 12.8 Å². The quantitative estimate of drug-likeness (QED) is 0.741. The third kappa shape index (κ3) is 4.38. The number of benzene rings is 1. The summed E-state index contributed by atoms with van der Waals surface area (Å²) in [6, 6.07) is 10.4. The summed E-state index contributed by atoms with van der Waals surface area (Å²) in [4.78, 5) is 28.8. The molecule has 2 heterocycles. The van der Waals surface area contributed by atoms with Crippen LogP contribution in [-0.4, -0.2) is 36.5 Å². The van der Waals surface area contributed by atoms with Crippen LogP contribution in [0.3, 0.4) is 0 Å². The Morgan fingerprint density at radius 3 is 2.50 bits per heavy atom. The molecule has 1 fully saturated rings. The Bertz CT molecular complexity index is 834. The second-order valence-electron chi connectivity index (χ2n) is 7.01. The number of halogens is 3. The fourth-order valence-electron chi connectivity index (χ4n) is 3.58. The van der Waals surface area contributed by atoms with Gasteiger partial charge in [-0.05, 0) is 36.9 Å². The predicted octanol–water partition coefficient (Wildman–Crippen LogP) is 4.56. The molecule has 150 valence electrons. The molecular weight excluding hydrogens is 389 g/mol. The fraction of sp³-hybridized carbons (Fsp3) is 0.400. The molecule has 0 bridgehead atoms. The lowest BCUT2D eigenvalue weighted by Gasteiger charge is -2.41. The maximum Gasteiger partial charge on any atom is 0.406 e. The number of hydrogen-bond acceptors (Lipinski definition) is 3. The van der Waals surface area contributed by atoms with Gasteiger partial charge in [0.05, 0.1) is 12.0 Å². The van der Waals surface area contributed by atoms with Crippen LogP contribution < -0.4 is 4.90 Å². The lowest BCUT2D eigenvalue weighted by atomic mass is 9.86. The van der Waals surface area contributed by atoms with Gasteiger partial charge in [-0.25, -0.2) is 0 Å².